The Morgan fingerprint density at radius 1 is 1.26 bits per heavy atom. The van der Waals surface area contributed by atoms with Crippen molar-refractivity contribution in [2.75, 3.05) is 32.9 Å². The minimum absolute atomic E-state index is 0.235. The van der Waals surface area contributed by atoms with Crippen molar-refractivity contribution in [1.29, 1.82) is 0 Å². The lowest BCUT2D eigenvalue weighted by Crippen LogP contribution is -2.25. The van der Waals surface area contributed by atoms with Gasteiger partial charge in [-0.25, -0.2) is 0 Å². The topological polar surface area (TPSA) is 41.9 Å². The van der Waals surface area contributed by atoms with Crippen molar-refractivity contribution in [2.45, 2.75) is 19.9 Å². The van der Waals surface area contributed by atoms with Gasteiger partial charge in [-0.2, -0.15) is 0 Å². The van der Waals surface area contributed by atoms with E-state index in [4.69, 9.17) is 14.6 Å². The van der Waals surface area contributed by atoms with Crippen molar-refractivity contribution in [1.82, 2.24) is 4.90 Å². The molecule has 0 fully saturated rings. The molecule has 1 aromatic rings. The molecule has 0 radical (unpaired) electrons. The second kappa shape index (κ2) is 7.12. The van der Waals surface area contributed by atoms with Gasteiger partial charge in [0.05, 0.1) is 0 Å². The van der Waals surface area contributed by atoms with Crippen molar-refractivity contribution in [3.05, 3.63) is 22.2 Å². The summed E-state index contributed by atoms with van der Waals surface area (Å²) >= 11 is 3.59. The summed E-state index contributed by atoms with van der Waals surface area (Å²) in [6, 6.07) is 4.02. The Morgan fingerprint density at radius 3 is 2.58 bits per heavy atom. The van der Waals surface area contributed by atoms with Crippen molar-refractivity contribution in [3.63, 3.8) is 0 Å². The molecule has 0 bridgehead atoms. The summed E-state index contributed by atoms with van der Waals surface area (Å²) in [5.41, 5.74) is 1.18. The maximum absolute atomic E-state index is 8.92. The Balaban J connectivity index is 2.10. The third-order valence-electron chi connectivity index (χ3n) is 3.18. The van der Waals surface area contributed by atoms with Crippen LogP contribution in [0.5, 0.6) is 11.5 Å². The molecule has 1 N–H and O–H groups in total. The molecule has 0 spiro atoms. The quantitative estimate of drug-likeness (QED) is 0.870. The number of aliphatic hydroxyl groups excluding tert-OH is 1. The molecule has 1 aliphatic rings. The highest BCUT2D eigenvalue weighted by Crippen LogP contribution is 2.35. The highest BCUT2D eigenvalue weighted by Gasteiger charge is 2.16. The monoisotopic (exact) mass is 329 g/mol. The predicted octanol–water partition coefficient (Wildman–Crippen LogP) is 2.42. The molecule has 1 aromatic carbocycles. The van der Waals surface area contributed by atoms with Gasteiger partial charge in [0.15, 0.2) is 11.5 Å². The number of rotatable bonds is 6. The van der Waals surface area contributed by atoms with Gasteiger partial charge in [-0.05, 0) is 30.7 Å². The Bertz CT molecular complexity index is 425. The van der Waals surface area contributed by atoms with E-state index in [9.17, 15) is 0 Å². The molecule has 19 heavy (non-hydrogen) atoms. The molecule has 0 atom stereocenters. The molecule has 0 amide bonds. The number of benzene rings is 1. The van der Waals surface area contributed by atoms with Gasteiger partial charge < -0.3 is 14.6 Å². The van der Waals surface area contributed by atoms with E-state index in [0.29, 0.717) is 13.2 Å². The highest BCUT2D eigenvalue weighted by atomic mass is 79.9. The molecule has 5 heteroatoms. The highest BCUT2D eigenvalue weighted by molar-refractivity contribution is 9.10. The zero-order chi connectivity index (χ0) is 13.7. The van der Waals surface area contributed by atoms with E-state index in [0.717, 1.165) is 42.0 Å². The second-order valence-corrected chi connectivity index (χ2v) is 5.39. The van der Waals surface area contributed by atoms with E-state index in [1.165, 1.54) is 5.56 Å². The van der Waals surface area contributed by atoms with Crippen LogP contribution in [-0.4, -0.2) is 42.9 Å². The molecule has 0 unspecified atom stereocenters. The van der Waals surface area contributed by atoms with Gasteiger partial charge >= 0.3 is 0 Å². The number of halogens is 1. The predicted molar refractivity (Wildman–Crippen MR) is 77.8 cm³/mol. The average molecular weight is 330 g/mol. The lowest BCUT2D eigenvalue weighted by molar-refractivity contribution is 0.170. The van der Waals surface area contributed by atoms with Crippen molar-refractivity contribution in [3.8, 4) is 11.5 Å². The third kappa shape index (κ3) is 3.84. The zero-order valence-corrected chi connectivity index (χ0v) is 12.8. The number of nitrogens with zero attached hydrogens (tertiary/aromatic N) is 1. The average Bonchev–Trinajstić information content (AvgIpc) is 2.43. The van der Waals surface area contributed by atoms with Crippen LogP contribution < -0.4 is 9.47 Å². The first-order valence-electron chi connectivity index (χ1n) is 6.65. The van der Waals surface area contributed by atoms with Gasteiger partial charge in [-0.3, -0.25) is 4.90 Å². The summed E-state index contributed by atoms with van der Waals surface area (Å²) in [6.07, 6.45) is 0.802. The van der Waals surface area contributed by atoms with Gasteiger partial charge in [-0.1, -0.05) is 22.9 Å². The smallest absolute Gasteiger partial charge is 0.162 e. The fourth-order valence-electron chi connectivity index (χ4n) is 2.11. The van der Waals surface area contributed by atoms with Gasteiger partial charge in [0, 0.05) is 24.2 Å². The van der Waals surface area contributed by atoms with Crippen LogP contribution in [0.25, 0.3) is 0 Å². The van der Waals surface area contributed by atoms with E-state index in [-0.39, 0.29) is 6.61 Å². The minimum atomic E-state index is 0.235. The number of hydrogen-bond acceptors (Lipinski definition) is 4. The zero-order valence-electron chi connectivity index (χ0n) is 11.2. The first-order valence-corrected chi connectivity index (χ1v) is 7.45. The van der Waals surface area contributed by atoms with Gasteiger partial charge in [-0.15, -0.1) is 0 Å². The summed E-state index contributed by atoms with van der Waals surface area (Å²) in [7, 11) is 0. The van der Waals surface area contributed by atoms with Crippen LogP contribution in [0, 0.1) is 0 Å². The molecule has 0 saturated heterocycles. The molecule has 4 nitrogen and oxygen atoms in total. The fraction of sp³-hybridized carbons (Fsp3) is 0.571. The van der Waals surface area contributed by atoms with Gasteiger partial charge in [0.2, 0.25) is 0 Å². The standard InChI is InChI=1S/C14H20BrNO3/c1-2-16(4-3-5-17)10-11-8-13-14(9-12(11)15)19-7-6-18-13/h8-9,17H,2-7,10H2,1H3. The fourth-order valence-corrected chi connectivity index (χ4v) is 2.56. The number of hydrogen-bond donors (Lipinski definition) is 1. The first kappa shape index (κ1) is 14.6. The molecule has 2 rings (SSSR count). The van der Waals surface area contributed by atoms with E-state index in [2.05, 4.69) is 27.8 Å². The Morgan fingerprint density at radius 2 is 1.95 bits per heavy atom. The van der Waals surface area contributed by atoms with Gasteiger partial charge in [0.25, 0.3) is 0 Å². The molecule has 106 valence electrons. The van der Waals surface area contributed by atoms with E-state index < -0.39 is 0 Å². The van der Waals surface area contributed by atoms with Crippen LogP contribution in [-0.2, 0) is 6.54 Å². The molecule has 1 aliphatic heterocycles. The normalized spacial score (nSPS) is 13.9. The minimum Gasteiger partial charge on any atom is -0.486 e. The van der Waals surface area contributed by atoms with E-state index in [1.807, 2.05) is 12.1 Å². The maximum Gasteiger partial charge on any atom is 0.162 e. The second-order valence-electron chi connectivity index (χ2n) is 4.53. The summed E-state index contributed by atoms with van der Waals surface area (Å²) in [6.45, 7) is 6.27. The number of fused-ring (bicyclic) bond motifs is 1. The number of ether oxygens (including phenoxy) is 2. The third-order valence-corrected chi connectivity index (χ3v) is 3.92. The Kier molecular flexibility index (Phi) is 5.48. The summed E-state index contributed by atoms with van der Waals surface area (Å²) in [4.78, 5) is 2.30. The lowest BCUT2D eigenvalue weighted by Gasteiger charge is -2.23. The van der Waals surface area contributed by atoms with Crippen LogP contribution in [0.15, 0.2) is 16.6 Å². The summed E-state index contributed by atoms with van der Waals surface area (Å²) in [5, 5.41) is 8.92. The molecular weight excluding hydrogens is 310 g/mol. The van der Waals surface area contributed by atoms with Gasteiger partial charge in [0.1, 0.15) is 13.2 Å². The van der Waals surface area contributed by atoms with Crippen molar-refractivity contribution >= 4 is 15.9 Å². The van der Waals surface area contributed by atoms with Crippen LogP contribution in [0.2, 0.25) is 0 Å². The van der Waals surface area contributed by atoms with Crippen molar-refractivity contribution in [2.24, 2.45) is 0 Å². The van der Waals surface area contributed by atoms with E-state index >= 15 is 0 Å². The van der Waals surface area contributed by atoms with E-state index in [1.54, 1.807) is 0 Å². The maximum atomic E-state index is 8.92. The molecule has 0 aromatic heterocycles. The van der Waals surface area contributed by atoms with Crippen LogP contribution in [0.1, 0.15) is 18.9 Å². The SMILES string of the molecule is CCN(CCCO)Cc1cc2c(cc1Br)OCCO2. The first-order chi connectivity index (χ1) is 9.24. The summed E-state index contributed by atoms with van der Waals surface area (Å²) < 4.78 is 12.2. The van der Waals surface area contributed by atoms with Crippen LogP contribution in [0.4, 0.5) is 0 Å². The molecule has 1 heterocycles. The molecule has 0 saturated carbocycles. The van der Waals surface area contributed by atoms with Crippen molar-refractivity contribution < 1.29 is 14.6 Å². The largest absolute Gasteiger partial charge is 0.486 e. The Labute approximate surface area is 122 Å². The lowest BCUT2D eigenvalue weighted by atomic mass is 10.1. The Hall–Kier alpha value is -0.780. The summed E-state index contributed by atoms with van der Waals surface area (Å²) in [5.74, 6) is 1.63. The van der Waals surface area contributed by atoms with Crippen LogP contribution >= 0.6 is 15.9 Å². The molecular formula is C14H20BrNO3. The molecule has 0 aliphatic carbocycles. The number of aliphatic hydroxyl groups is 1. The van der Waals surface area contributed by atoms with Crippen LogP contribution in [0.3, 0.4) is 0 Å².